The number of nitrogens with one attached hydrogen (secondary N) is 1. The Hall–Kier alpha value is -1.94. The Bertz CT molecular complexity index is 578. The zero-order valence-electron chi connectivity index (χ0n) is 10.1. The Morgan fingerprint density at radius 3 is 2.61 bits per heavy atom. The molecule has 2 aromatic rings. The number of rotatable bonds is 2. The number of nitrogens with zero attached hydrogens (tertiary/aromatic N) is 2. The smallest absolute Gasteiger partial charge is 0.255 e. The summed E-state index contributed by atoms with van der Waals surface area (Å²) in [5.74, 6) is -0.224. The van der Waals surface area contributed by atoms with Gasteiger partial charge in [-0.3, -0.25) is 9.78 Å². The molecule has 0 saturated heterocycles. The molecule has 18 heavy (non-hydrogen) atoms. The molecule has 2 aromatic heterocycles. The van der Waals surface area contributed by atoms with Crippen LogP contribution in [0.15, 0.2) is 30.6 Å². The summed E-state index contributed by atoms with van der Waals surface area (Å²) in [7, 11) is 0. The van der Waals surface area contributed by atoms with Crippen LogP contribution in [-0.2, 0) is 0 Å². The lowest BCUT2D eigenvalue weighted by molar-refractivity contribution is 0.102. The van der Waals surface area contributed by atoms with Gasteiger partial charge in [0.15, 0.2) is 5.15 Å². The van der Waals surface area contributed by atoms with E-state index in [-0.39, 0.29) is 11.1 Å². The van der Waals surface area contributed by atoms with Crippen molar-refractivity contribution in [2.75, 3.05) is 5.32 Å². The normalized spacial score (nSPS) is 10.2. The van der Waals surface area contributed by atoms with Gasteiger partial charge in [0.1, 0.15) is 0 Å². The van der Waals surface area contributed by atoms with Crippen LogP contribution in [0.5, 0.6) is 0 Å². The third kappa shape index (κ3) is 2.65. The Labute approximate surface area is 110 Å². The number of pyridine rings is 2. The van der Waals surface area contributed by atoms with Crippen molar-refractivity contribution in [3.05, 3.63) is 52.6 Å². The molecule has 0 bridgehead atoms. The molecule has 0 aromatic carbocycles. The van der Waals surface area contributed by atoms with Crippen LogP contribution in [-0.4, -0.2) is 15.9 Å². The first-order valence-electron chi connectivity index (χ1n) is 5.43. The predicted molar refractivity (Wildman–Crippen MR) is 70.9 cm³/mol. The minimum Gasteiger partial charge on any atom is -0.319 e. The zero-order chi connectivity index (χ0) is 13.1. The van der Waals surface area contributed by atoms with Gasteiger partial charge >= 0.3 is 0 Å². The van der Waals surface area contributed by atoms with E-state index in [1.54, 1.807) is 30.6 Å². The molecule has 0 aliphatic rings. The molecule has 2 heterocycles. The van der Waals surface area contributed by atoms with E-state index in [9.17, 15) is 4.79 Å². The Morgan fingerprint density at radius 1 is 1.22 bits per heavy atom. The minimum absolute atomic E-state index is 0.224. The second kappa shape index (κ2) is 5.14. The first-order valence-corrected chi connectivity index (χ1v) is 5.81. The molecular weight excluding hydrogens is 250 g/mol. The highest BCUT2D eigenvalue weighted by Gasteiger charge is 2.11. The van der Waals surface area contributed by atoms with Gasteiger partial charge in [0.05, 0.1) is 5.69 Å². The van der Waals surface area contributed by atoms with Gasteiger partial charge in [0.25, 0.3) is 5.91 Å². The van der Waals surface area contributed by atoms with E-state index < -0.39 is 0 Å². The largest absolute Gasteiger partial charge is 0.319 e. The number of hydrogen-bond donors (Lipinski definition) is 1. The molecule has 0 atom stereocenters. The van der Waals surface area contributed by atoms with E-state index >= 15 is 0 Å². The molecule has 1 N–H and O–H groups in total. The Balaban J connectivity index is 2.27. The summed E-state index contributed by atoms with van der Waals surface area (Å²) in [6, 6.07) is 5.16. The molecule has 1 amide bonds. The van der Waals surface area contributed by atoms with Crippen molar-refractivity contribution in [2.24, 2.45) is 0 Å². The third-order valence-corrected chi connectivity index (χ3v) is 2.80. The lowest BCUT2D eigenvalue weighted by Gasteiger charge is -2.09. The van der Waals surface area contributed by atoms with Crippen LogP contribution in [0.4, 0.5) is 5.69 Å². The van der Waals surface area contributed by atoms with Crippen LogP contribution in [0.2, 0.25) is 5.15 Å². The quantitative estimate of drug-likeness (QED) is 0.846. The van der Waals surface area contributed by atoms with Gasteiger partial charge in [-0.2, -0.15) is 0 Å². The van der Waals surface area contributed by atoms with Crippen molar-refractivity contribution < 1.29 is 4.79 Å². The molecule has 0 unspecified atom stereocenters. The van der Waals surface area contributed by atoms with Crippen molar-refractivity contribution in [2.45, 2.75) is 13.8 Å². The molecule has 0 radical (unpaired) electrons. The predicted octanol–water partition coefficient (Wildman–Crippen LogP) is 3.00. The second-order valence-corrected chi connectivity index (χ2v) is 4.29. The van der Waals surface area contributed by atoms with E-state index in [1.165, 1.54) is 0 Å². The first kappa shape index (κ1) is 12.5. The molecule has 0 saturated carbocycles. The van der Waals surface area contributed by atoms with E-state index in [4.69, 9.17) is 11.6 Å². The van der Waals surface area contributed by atoms with Crippen molar-refractivity contribution in [3.8, 4) is 0 Å². The average Bonchev–Trinajstić information content (AvgIpc) is 2.34. The second-order valence-electron chi connectivity index (χ2n) is 3.93. The molecule has 4 nitrogen and oxygen atoms in total. The van der Waals surface area contributed by atoms with Gasteiger partial charge in [-0.1, -0.05) is 11.6 Å². The SMILES string of the molecule is Cc1cc(C(=O)Nc2c(C)ccnc2Cl)ccn1. The van der Waals surface area contributed by atoms with Crippen molar-refractivity contribution in [3.63, 3.8) is 0 Å². The van der Waals surface area contributed by atoms with Gasteiger partial charge in [0.2, 0.25) is 0 Å². The molecule has 2 rings (SSSR count). The summed E-state index contributed by atoms with van der Waals surface area (Å²) in [6.45, 7) is 3.69. The van der Waals surface area contributed by atoms with Gasteiger partial charge in [-0.25, -0.2) is 4.98 Å². The van der Waals surface area contributed by atoms with Crippen molar-refractivity contribution in [1.82, 2.24) is 9.97 Å². The average molecular weight is 262 g/mol. The molecule has 0 spiro atoms. The van der Waals surface area contributed by atoms with Crippen LogP contribution in [0.25, 0.3) is 0 Å². The van der Waals surface area contributed by atoms with Gasteiger partial charge in [-0.05, 0) is 37.6 Å². The van der Waals surface area contributed by atoms with Crippen LogP contribution in [0, 0.1) is 13.8 Å². The van der Waals surface area contributed by atoms with E-state index in [1.807, 2.05) is 13.8 Å². The lowest BCUT2D eigenvalue weighted by Crippen LogP contribution is -2.13. The van der Waals surface area contributed by atoms with Crippen LogP contribution in [0.3, 0.4) is 0 Å². The van der Waals surface area contributed by atoms with Gasteiger partial charge in [-0.15, -0.1) is 0 Å². The van der Waals surface area contributed by atoms with Gasteiger partial charge < -0.3 is 5.32 Å². The number of anilines is 1. The molecule has 92 valence electrons. The number of carbonyl (C=O) groups excluding carboxylic acids is 1. The van der Waals surface area contributed by atoms with Crippen LogP contribution >= 0.6 is 11.6 Å². The highest BCUT2D eigenvalue weighted by atomic mass is 35.5. The maximum absolute atomic E-state index is 12.0. The molecular formula is C13H12ClN3O. The van der Waals surface area contributed by atoms with E-state index in [2.05, 4.69) is 15.3 Å². The zero-order valence-corrected chi connectivity index (χ0v) is 10.8. The maximum Gasteiger partial charge on any atom is 0.255 e. The molecule has 0 fully saturated rings. The summed E-state index contributed by atoms with van der Waals surface area (Å²) >= 11 is 5.95. The third-order valence-electron chi connectivity index (χ3n) is 2.51. The first-order chi connectivity index (χ1) is 8.58. The number of halogens is 1. The van der Waals surface area contributed by atoms with Crippen molar-refractivity contribution in [1.29, 1.82) is 0 Å². The summed E-state index contributed by atoms with van der Waals surface area (Å²) in [5, 5.41) is 3.05. The molecule has 0 aliphatic carbocycles. The monoisotopic (exact) mass is 261 g/mol. The topological polar surface area (TPSA) is 54.9 Å². The summed E-state index contributed by atoms with van der Waals surface area (Å²) in [4.78, 5) is 20.0. The maximum atomic E-state index is 12.0. The van der Waals surface area contributed by atoms with E-state index in [0.717, 1.165) is 11.3 Å². The number of carbonyl (C=O) groups is 1. The lowest BCUT2D eigenvalue weighted by atomic mass is 10.2. The standard InChI is InChI=1S/C13H12ClN3O/c1-8-3-5-16-12(14)11(8)17-13(18)10-4-6-15-9(2)7-10/h3-7H,1-2H3,(H,17,18). The summed E-state index contributed by atoms with van der Waals surface area (Å²) in [5.41, 5.74) is 2.74. The number of hydrogen-bond acceptors (Lipinski definition) is 3. The summed E-state index contributed by atoms with van der Waals surface area (Å²) < 4.78 is 0. The fourth-order valence-corrected chi connectivity index (χ4v) is 1.80. The van der Waals surface area contributed by atoms with Crippen molar-refractivity contribution >= 4 is 23.2 Å². The highest BCUT2D eigenvalue weighted by molar-refractivity contribution is 6.32. The number of aromatic nitrogens is 2. The Morgan fingerprint density at radius 2 is 1.94 bits per heavy atom. The van der Waals surface area contributed by atoms with Crippen LogP contribution in [0.1, 0.15) is 21.6 Å². The summed E-state index contributed by atoms with van der Waals surface area (Å²) in [6.07, 6.45) is 3.20. The molecule has 5 heteroatoms. The number of aryl methyl sites for hydroxylation is 2. The van der Waals surface area contributed by atoms with Crippen LogP contribution < -0.4 is 5.32 Å². The molecule has 0 aliphatic heterocycles. The fourth-order valence-electron chi connectivity index (χ4n) is 1.55. The highest BCUT2D eigenvalue weighted by Crippen LogP contribution is 2.23. The number of amides is 1. The van der Waals surface area contributed by atoms with Gasteiger partial charge in [0, 0.05) is 23.7 Å². The minimum atomic E-state index is -0.224. The Kier molecular flexibility index (Phi) is 3.58. The fraction of sp³-hybridized carbons (Fsp3) is 0.154. The van der Waals surface area contributed by atoms with E-state index in [0.29, 0.717) is 11.3 Å².